The summed E-state index contributed by atoms with van der Waals surface area (Å²) in [7, 11) is 0. The van der Waals surface area contributed by atoms with Crippen LogP contribution in [0.5, 0.6) is 0 Å². The number of hydrogen-bond donors (Lipinski definition) is 0. The van der Waals surface area contributed by atoms with Crippen molar-refractivity contribution < 1.29 is 14.3 Å². The second-order valence-corrected chi connectivity index (χ2v) is 5.26. The van der Waals surface area contributed by atoms with E-state index in [-0.39, 0.29) is 6.29 Å². The molecule has 0 radical (unpaired) electrons. The Morgan fingerprint density at radius 1 is 1.29 bits per heavy atom. The van der Waals surface area contributed by atoms with Crippen molar-refractivity contribution >= 4 is 5.90 Å². The summed E-state index contributed by atoms with van der Waals surface area (Å²) < 4.78 is 11.2. The highest BCUT2D eigenvalue weighted by Crippen LogP contribution is 2.14. The summed E-state index contributed by atoms with van der Waals surface area (Å²) in [5.74, 6) is 0.488. The number of rotatable bonds is 5. The molecule has 0 N–H and O–H groups in total. The standard InChI is InChI=1S/C17H23NO3/c1-14(2)11-13-20-17(15-8-4-3-5-9-15)18-21-16-10-6-7-12-19-16/h3-5,8-9,11,16H,6-7,10,12-13H2,1-2H3/b18-17+. The molecule has 4 heteroatoms. The first kappa shape index (κ1) is 15.6. The lowest BCUT2D eigenvalue weighted by atomic mass is 10.2. The third kappa shape index (κ3) is 5.60. The second kappa shape index (κ2) is 8.47. The van der Waals surface area contributed by atoms with E-state index in [4.69, 9.17) is 14.3 Å². The summed E-state index contributed by atoms with van der Waals surface area (Å²) in [5.41, 5.74) is 2.11. The molecule has 1 aromatic carbocycles. The van der Waals surface area contributed by atoms with Gasteiger partial charge in [0.05, 0.1) is 6.61 Å². The second-order valence-electron chi connectivity index (χ2n) is 5.26. The zero-order valence-corrected chi connectivity index (χ0v) is 12.7. The molecule has 0 amide bonds. The van der Waals surface area contributed by atoms with Crippen LogP contribution in [0, 0.1) is 0 Å². The largest absolute Gasteiger partial charge is 0.471 e. The van der Waals surface area contributed by atoms with Crippen LogP contribution in [0.1, 0.15) is 38.7 Å². The Kier molecular flexibility index (Phi) is 6.28. The molecule has 0 aliphatic carbocycles. The van der Waals surface area contributed by atoms with Crippen LogP contribution in [-0.4, -0.2) is 25.4 Å². The van der Waals surface area contributed by atoms with Gasteiger partial charge in [-0.25, -0.2) is 0 Å². The quantitative estimate of drug-likeness (QED) is 0.357. The van der Waals surface area contributed by atoms with Crippen LogP contribution in [0.3, 0.4) is 0 Å². The van der Waals surface area contributed by atoms with Gasteiger partial charge in [-0.15, -0.1) is 0 Å². The minimum absolute atomic E-state index is 0.260. The van der Waals surface area contributed by atoms with Crippen LogP contribution in [0.15, 0.2) is 47.1 Å². The van der Waals surface area contributed by atoms with Crippen molar-refractivity contribution in [2.45, 2.75) is 39.4 Å². The normalized spacial score (nSPS) is 19.0. The molecule has 1 aliphatic rings. The number of oxime groups is 1. The average molecular weight is 289 g/mol. The Hall–Kier alpha value is -1.81. The van der Waals surface area contributed by atoms with E-state index in [0.29, 0.717) is 12.5 Å². The third-order valence-corrected chi connectivity index (χ3v) is 3.12. The van der Waals surface area contributed by atoms with Crippen LogP contribution in [0.2, 0.25) is 0 Å². The van der Waals surface area contributed by atoms with Crippen LogP contribution >= 0.6 is 0 Å². The van der Waals surface area contributed by atoms with Crippen molar-refractivity contribution in [3.63, 3.8) is 0 Å². The maximum Gasteiger partial charge on any atom is 0.258 e. The molecule has 1 aliphatic heterocycles. The van der Waals surface area contributed by atoms with E-state index < -0.39 is 0 Å². The predicted octanol–water partition coefficient (Wildman–Crippen LogP) is 3.87. The van der Waals surface area contributed by atoms with E-state index in [0.717, 1.165) is 31.4 Å². The Bertz CT molecular complexity index is 472. The third-order valence-electron chi connectivity index (χ3n) is 3.12. The Morgan fingerprint density at radius 3 is 2.76 bits per heavy atom. The molecule has 0 bridgehead atoms. The summed E-state index contributed by atoms with van der Waals surface area (Å²) >= 11 is 0. The van der Waals surface area contributed by atoms with Crippen molar-refractivity contribution in [3.05, 3.63) is 47.5 Å². The van der Waals surface area contributed by atoms with Gasteiger partial charge >= 0.3 is 0 Å². The Labute approximate surface area is 126 Å². The van der Waals surface area contributed by atoms with Gasteiger partial charge in [0.25, 0.3) is 5.90 Å². The van der Waals surface area contributed by atoms with Gasteiger partial charge in [-0.1, -0.05) is 23.8 Å². The average Bonchev–Trinajstić information content (AvgIpc) is 2.52. The molecule has 2 rings (SSSR count). The first-order chi connectivity index (χ1) is 10.3. The topological polar surface area (TPSA) is 40.0 Å². The molecular formula is C17H23NO3. The first-order valence-electron chi connectivity index (χ1n) is 7.42. The van der Waals surface area contributed by atoms with Gasteiger partial charge in [0, 0.05) is 12.0 Å². The minimum atomic E-state index is -0.260. The van der Waals surface area contributed by atoms with Crippen LogP contribution in [0.25, 0.3) is 0 Å². The highest BCUT2D eigenvalue weighted by atomic mass is 16.8. The van der Waals surface area contributed by atoms with Crippen molar-refractivity contribution in [2.75, 3.05) is 13.2 Å². The van der Waals surface area contributed by atoms with Gasteiger partial charge in [-0.05, 0) is 50.1 Å². The van der Waals surface area contributed by atoms with Gasteiger partial charge in [-0.2, -0.15) is 0 Å². The number of hydrogen-bond acceptors (Lipinski definition) is 4. The van der Waals surface area contributed by atoms with E-state index in [1.165, 1.54) is 5.57 Å². The van der Waals surface area contributed by atoms with E-state index in [9.17, 15) is 0 Å². The van der Waals surface area contributed by atoms with Crippen molar-refractivity contribution in [2.24, 2.45) is 5.16 Å². The van der Waals surface area contributed by atoms with E-state index in [1.807, 2.05) is 50.3 Å². The van der Waals surface area contributed by atoms with Crippen LogP contribution in [-0.2, 0) is 14.3 Å². The maximum absolute atomic E-state index is 5.72. The van der Waals surface area contributed by atoms with Gasteiger partial charge in [0.2, 0.25) is 6.29 Å². The molecule has 0 spiro atoms. The lowest BCUT2D eigenvalue weighted by Crippen LogP contribution is -2.21. The fraction of sp³-hybridized carbons (Fsp3) is 0.471. The van der Waals surface area contributed by atoms with Gasteiger partial charge in [0.1, 0.15) is 6.61 Å². The summed E-state index contributed by atoms with van der Waals surface area (Å²) in [4.78, 5) is 5.48. The fourth-order valence-corrected chi connectivity index (χ4v) is 1.93. The molecule has 1 aromatic rings. The molecule has 0 aromatic heterocycles. The van der Waals surface area contributed by atoms with Crippen molar-refractivity contribution in [3.8, 4) is 0 Å². The van der Waals surface area contributed by atoms with Gasteiger partial charge < -0.3 is 14.3 Å². The summed E-state index contributed by atoms with van der Waals surface area (Å²) in [5, 5.41) is 4.15. The smallest absolute Gasteiger partial charge is 0.258 e. The highest BCUT2D eigenvalue weighted by Gasteiger charge is 2.15. The predicted molar refractivity (Wildman–Crippen MR) is 83.0 cm³/mol. The van der Waals surface area contributed by atoms with Crippen LogP contribution in [0.4, 0.5) is 0 Å². The van der Waals surface area contributed by atoms with Crippen molar-refractivity contribution in [1.29, 1.82) is 0 Å². The monoisotopic (exact) mass is 289 g/mol. The Balaban J connectivity index is 2.01. The molecule has 1 unspecified atom stereocenters. The maximum atomic E-state index is 5.72. The lowest BCUT2D eigenvalue weighted by molar-refractivity contribution is -0.163. The zero-order chi connectivity index (χ0) is 14.9. The molecular weight excluding hydrogens is 266 g/mol. The highest BCUT2D eigenvalue weighted by molar-refractivity contribution is 5.93. The number of benzene rings is 1. The molecule has 0 saturated carbocycles. The first-order valence-corrected chi connectivity index (χ1v) is 7.42. The Morgan fingerprint density at radius 2 is 2.10 bits per heavy atom. The molecule has 1 saturated heterocycles. The van der Waals surface area contributed by atoms with Gasteiger partial charge in [0.15, 0.2) is 0 Å². The molecule has 1 atom stereocenters. The van der Waals surface area contributed by atoms with E-state index >= 15 is 0 Å². The zero-order valence-electron chi connectivity index (χ0n) is 12.7. The van der Waals surface area contributed by atoms with Gasteiger partial charge in [-0.3, -0.25) is 0 Å². The summed E-state index contributed by atoms with van der Waals surface area (Å²) in [6, 6.07) is 9.76. The molecule has 114 valence electrons. The number of nitrogens with zero attached hydrogens (tertiary/aromatic N) is 1. The summed E-state index contributed by atoms with van der Waals surface area (Å²) in [6.45, 7) is 5.29. The molecule has 1 fully saturated rings. The summed E-state index contributed by atoms with van der Waals surface area (Å²) in [6.07, 6.45) is 4.82. The number of allylic oxidation sites excluding steroid dienone is 1. The van der Waals surface area contributed by atoms with E-state index in [1.54, 1.807) is 0 Å². The fourth-order valence-electron chi connectivity index (χ4n) is 1.93. The van der Waals surface area contributed by atoms with Crippen LogP contribution < -0.4 is 0 Å². The minimum Gasteiger partial charge on any atom is -0.471 e. The molecule has 1 heterocycles. The van der Waals surface area contributed by atoms with Crippen molar-refractivity contribution in [1.82, 2.24) is 0 Å². The molecule has 21 heavy (non-hydrogen) atoms. The molecule has 4 nitrogen and oxygen atoms in total. The van der Waals surface area contributed by atoms with E-state index in [2.05, 4.69) is 5.16 Å². The lowest BCUT2D eigenvalue weighted by Gasteiger charge is -2.20. The SMILES string of the molecule is CC(C)=CCO/C(=N/OC1CCCCO1)c1ccccc1. The number of ether oxygens (including phenoxy) is 2.